The molecule has 0 aromatic heterocycles. The third kappa shape index (κ3) is 1.90. The first-order chi connectivity index (χ1) is 8.81. The topological polar surface area (TPSA) is 65.2 Å². The summed E-state index contributed by atoms with van der Waals surface area (Å²) in [6.45, 7) is 0. The van der Waals surface area contributed by atoms with E-state index in [0.29, 0.717) is 0 Å². The molecule has 2 fully saturated rings. The summed E-state index contributed by atoms with van der Waals surface area (Å²) in [4.78, 5) is 12.6. The standard InChI is InChI=1S/C13H18N4O/c18-12(14-10-6-2-1-3-7-10)13(8-4-5-9-13)11-15-17-16-11/h1-3,6-7,11,15-17H,4-5,8-9H2,(H,14,18). The highest BCUT2D eigenvalue weighted by Gasteiger charge is 2.50. The molecule has 1 saturated heterocycles. The maximum absolute atomic E-state index is 12.6. The second-order valence-electron chi connectivity index (χ2n) is 5.03. The van der Waals surface area contributed by atoms with Gasteiger partial charge in [-0.15, -0.1) is 0 Å². The van der Waals surface area contributed by atoms with Gasteiger partial charge in [-0.05, 0) is 25.0 Å². The Bertz CT molecular complexity index is 424. The number of carbonyl (C=O) groups excluding carboxylic acids is 1. The van der Waals surface area contributed by atoms with Gasteiger partial charge in [0.1, 0.15) is 6.17 Å². The van der Waals surface area contributed by atoms with Crippen molar-refractivity contribution in [3.05, 3.63) is 30.3 Å². The Morgan fingerprint density at radius 3 is 2.39 bits per heavy atom. The summed E-state index contributed by atoms with van der Waals surface area (Å²) in [5, 5.41) is 3.03. The molecule has 0 radical (unpaired) electrons. The summed E-state index contributed by atoms with van der Waals surface area (Å²) < 4.78 is 0. The Balaban J connectivity index is 1.76. The average molecular weight is 246 g/mol. The number of hydrogen-bond donors (Lipinski definition) is 4. The molecule has 1 aliphatic carbocycles. The van der Waals surface area contributed by atoms with E-state index in [4.69, 9.17) is 0 Å². The van der Waals surface area contributed by atoms with Crippen LogP contribution in [-0.4, -0.2) is 12.1 Å². The quantitative estimate of drug-likeness (QED) is 0.645. The summed E-state index contributed by atoms with van der Waals surface area (Å²) in [5.41, 5.74) is 9.48. The van der Waals surface area contributed by atoms with Crippen molar-refractivity contribution in [3.8, 4) is 0 Å². The van der Waals surface area contributed by atoms with Crippen LogP contribution in [0, 0.1) is 5.41 Å². The molecule has 1 saturated carbocycles. The summed E-state index contributed by atoms with van der Waals surface area (Å²) in [6, 6.07) is 9.64. The van der Waals surface area contributed by atoms with Gasteiger partial charge in [-0.25, -0.2) is 10.9 Å². The normalized spacial score (nSPS) is 22.4. The Labute approximate surface area is 106 Å². The van der Waals surface area contributed by atoms with Gasteiger partial charge >= 0.3 is 0 Å². The Morgan fingerprint density at radius 1 is 1.17 bits per heavy atom. The Kier molecular flexibility index (Phi) is 3.03. The van der Waals surface area contributed by atoms with E-state index in [9.17, 15) is 4.79 Å². The van der Waals surface area contributed by atoms with E-state index in [-0.39, 0.29) is 17.5 Å². The van der Waals surface area contributed by atoms with Gasteiger partial charge in [0.2, 0.25) is 5.91 Å². The zero-order valence-electron chi connectivity index (χ0n) is 10.2. The molecule has 5 nitrogen and oxygen atoms in total. The minimum atomic E-state index is -0.332. The molecule has 1 aliphatic heterocycles. The molecular weight excluding hydrogens is 228 g/mol. The van der Waals surface area contributed by atoms with Crippen LogP contribution in [-0.2, 0) is 4.79 Å². The largest absolute Gasteiger partial charge is 0.326 e. The van der Waals surface area contributed by atoms with Gasteiger partial charge in [0.25, 0.3) is 0 Å². The lowest BCUT2D eigenvalue weighted by molar-refractivity contribution is -0.130. The molecule has 1 aromatic rings. The number of nitrogens with one attached hydrogen (secondary N) is 4. The van der Waals surface area contributed by atoms with Crippen LogP contribution in [0.15, 0.2) is 30.3 Å². The lowest BCUT2D eigenvalue weighted by Crippen LogP contribution is -2.76. The van der Waals surface area contributed by atoms with E-state index in [2.05, 4.69) is 21.7 Å². The number of anilines is 1. The van der Waals surface area contributed by atoms with Crippen LogP contribution < -0.4 is 21.7 Å². The lowest BCUT2D eigenvalue weighted by atomic mass is 9.81. The first-order valence-electron chi connectivity index (χ1n) is 6.44. The SMILES string of the molecule is O=C(Nc1ccccc1)C1(C2NNN2)CCCC1. The van der Waals surface area contributed by atoms with E-state index in [1.165, 1.54) is 0 Å². The lowest BCUT2D eigenvalue weighted by Gasteiger charge is -2.43. The average Bonchev–Trinajstić information content (AvgIpc) is 2.78. The van der Waals surface area contributed by atoms with E-state index < -0.39 is 0 Å². The fourth-order valence-electron chi connectivity index (χ4n) is 2.85. The number of hydrazine groups is 2. The zero-order chi connectivity index (χ0) is 12.4. The van der Waals surface area contributed by atoms with Crippen LogP contribution in [0.4, 0.5) is 5.69 Å². The molecular formula is C13H18N4O. The first-order valence-corrected chi connectivity index (χ1v) is 6.44. The van der Waals surface area contributed by atoms with Crippen LogP contribution in [0.3, 0.4) is 0 Å². The minimum absolute atomic E-state index is 0.0312. The zero-order valence-corrected chi connectivity index (χ0v) is 10.2. The van der Waals surface area contributed by atoms with Gasteiger partial charge in [0.15, 0.2) is 0 Å². The molecule has 4 N–H and O–H groups in total. The van der Waals surface area contributed by atoms with Crippen LogP contribution in [0.5, 0.6) is 0 Å². The molecule has 0 unspecified atom stereocenters. The van der Waals surface area contributed by atoms with Gasteiger partial charge in [0, 0.05) is 5.69 Å². The predicted octanol–water partition coefficient (Wildman–Crippen LogP) is 1.12. The number of hydrogen-bond acceptors (Lipinski definition) is 4. The van der Waals surface area contributed by atoms with Gasteiger partial charge < -0.3 is 5.32 Å². The van der Waals surface area contributed by atoms with E-state index in [1.807, 2.05) is 30.3 Å². The van der Waals surface area contributed by atoms with Crippen molar-refractivity contribution in [2.24, 2.45) is 5.41 Å². The third-order valence-corrected chi connectivity index (χ3v) is 3.97. The first kappa shape index (κ1) is 11.6. The molecule has 1 aromatic carbocycles. The van der Waals surface area contributed by atoms with E-state index >= 15 is 0 Å². The second kappa shape index (κ2) is 4.68. The third-order valence-electron chi connectivity index (χ3n) is 3.97. The molecule has 0 bridgehead atoms. The second-order valence-corrected chi connectivity index (χ2v) is 5.03. The van der Waals surface area contributed by atoms with Gasteiger partial charge in [-0.3, -0.25) is 4.79 Å². The molecule has 2 aliphatic rings. The number of benzene rings is 1. The number of amides is 1. The van der Waals surface area contributed by atoms with Crippen LogP contribution in [0.2, 0.25) is 0 Å². The maximum Gasteiger partial charge on any atom is 0.233 e. The summed E-state index contributed by atoms with van der Waals surface area (Å²) in [7, 11) is 0. The van der Waals surface area contributed by atoms with Crippen molar-refractivity contribution >= 4 is 11.6 Å². The maximum atomic E-state index is 12.6. The van der Waals surface area contributed by atoms with Crippen LogP contribution >= 0.6 is 0 Å². The number of para-hydroxylation sites is 1. The minimum Gasteiger partial charge on any atom is -0.326 e. The van der Waals surface area contributed by atoms with E-state index in [1.54, 1.807) is 0 Å². The Hall–Kier alpha value is -1.43. The number of rotatable bonds is 3. The van der Waals surface area contributed by atoms with E-state index in [0.717, 1.165) is 31.4 Å². The molecule has 1 heterocycles. The monoisotopic (exact) mass is 246 g/mol. The number of carbonyl (C=O) groups is 1. The van der Waals surface area contributed by atoms with Crippen molar-refractivity contribution in [2.45, 2.75) is 31.8 Å². The smallest absolute Gasteiger partial charge is 0.233 e. The molecule has 18 heavy (non-hydrogen) atoms. The fourth-order valence-corrected chi connectivity index (χ4v) is 2.85. The molecule has 0 atom stereocenters. The highest BCUT2D eigenvalue weighted by atomic mass is 16.2. The molecule has 96 valence electrons. The molecule has 3 rings (SSSR count). The van der Waals surface area contributed by atoms with Gasteiger partial charge in [-0.1, -0.05) is 31.0 Å². The highest BCUT2D eigenvalue weighted by molar-refractivity contribution is 5.96. The van der Waals surface area contributed by atoms with Crippen molar-refractivity contribution in [2.75, 3.05) is 5.32 Å². The summed E-state index contributed by atoms with van der Waals surface area (Å²) in [6.07, 6.45) is 4.11. The van der Waals surface area contributed by atoms with Crippen molar-refractivity contribution in [3.63, 3.8) is 0 Å². The molecule has 0 spiro atoms. The van der Waals surface area contributed by atoms with Crippen molar-refractivity contribution in [1.29, 1.82) is 0 Å². The molecule has 5 heteroatoms. The highest BCUT2D eigenvalue weighted by Crippen LogP contribution is 2.42. The molecule has 1 amide bonds. The fraction of sp³-hybridized carbons (Fsp3) is 0.462. The summed E-state index contributed by atoms with van der Waals surface area (Å²) in [5.74, 6) is 0.109. The van der Waals surface area contributed by atoms with Crippen LogP contribution in [0.1, 0.15) is 25.7 Å². The van der Waals surface area contributed by atoms with Crippen LogP contribution in [0.25, 0.3) is 0 Å². The van der Waals surface area contributed by atoms with Crippen molar-refractivity contribution < 1.29 is 4.79 Å². The van der Waals surface area contributed by atoms with Gasteiger partial charge in [0.05, 0.1) is 5.41 Å². The Morgan fingerprint density at radius 2 is 1.83 bits per heavy atom. The predicted molar refractivity (Wildman–Crippen MR) is 69.2 cm³/mol. The van der Waals surface area contributed by atoms with Gasteiger partial charge in [-0.2, -0.15) is 5.53 Å². The van der Waals surface area contributed by atoms with Crippen molar-refractivity contribution in [1.82, 2.24) is 16.4 Å². The summed E-state index contributed by atoms with van der Waals surface area (Å²) >= 11 is 0.